The third kappa shape index (κ3) is 4.93. The second kappa shape index (κ2) is 9.85. The number of rotatable bonds is 9. The zero-order valence-corrected chi connectivity index (χ0v) is 18.5. The summed E-state index contributed by atoms with van der Waals surface area (Å²) in [5, 5.41) is 14.0. The second-order valence-electron chi connectivity index (χ2n) is 8.03. The maximum Gasteiger partial charge on any atom is 0.328 e. The first-order chi connectivity index (χ1) is 15.5. The third-order valence-electron chi connectivity index (χ3n) is 5.77. The van der Waals surface area contributed by atoms with Crippen LogP contribution < -0.4 is 15.7 Å². The fourth-order valence-electron chi connectivity index (χ4n) is 3.82. The summed E-state index contributed by atoms with van der Waals surface area (Å²) in [5.41, 5.74) is 4.77. The molecule has 4 rings (SSSR count). The Morgan fingerprint density at radius 1 is 0.906 bits per heavy atom. The molecule has 2 N–H and O–H groups in total. The molecule has 6 nitrogen and oxygen atoms in total. The van der Waals surface area contributed by atoms with E-state index < -0.39 is 6.10 Å². The van der Waals surface area contributed by atoms with Crippen molar-refractivity contribution in [3.05, 3.63) is 100.0 Å². The summed E-state index contributed by atoms with van der Waals surface area (Å²) >= 11 is 0. The highest BCUT2D eigenvalue weighted by Crippen LogP contribution is 2.21. The van der Waals surface area contributed by atoms with Gasteiger partial charge in [-0.1, -0.05) is 48.5 Å². The van der Waals surface area contributed by atoms with Gasteiger partial charge in [-0.25, -0.2) is 4.79 Å². The summed E-state index contributed by atoms with van der Waals surface area (Å²) in [5.74, 6) is 0.713. The molecule has 0 aliphatic heterocycles. The molecule has 1 atom stereocenters. The maximum atomic E-state index is 12.1. The smallest absolute Gasteiger partial charge is 0.328 e. The van der Waals surface area contributed by atoms with Crippen molar-refractivity contribution in [2.24, 2.45) is 14.1 Å². The molecule has 0 aliphatic rings. The number of hydrogen-bond donors (Lipinski definition) is 2. The predicted octanol–water partition coefficient (Wildman–Crippen LogP) is 3.32. The van der Waals surface area contributed by atoms with Gasteiger partial charge in [0.15, 0.2) is 0 Å². The summed E-state index contributed by atoms with van der Waals surface area (Å²) in [6.07, 6.45) is 0.220. The molecule has 0 saturated heterocycles. The van der Waals surface area contributed by atoms with Crippen LogP contribution in [0.2, 0.25) is 0 Å². The summed E-state index contributed by atoms with van der Waals surface area (Å²) in [4.78, 5) is 12.1. The summed E-state index contributed by atoms with van der Waals surface area (Å²) in [6, 6.07) is 23.9. The van der Waals surface area contributed by atoms with Gasteiger partial charge in [-0.15, -0.1) is 0 Å². The molecule has 3 aromatic carbocycles. The quantitative estimate of drug-likeness (QED) is 0.399. The molecule has 4 aromatic rings. The van der Waals surface area contributed by atoms with Gasteiger partial charge in [-0.05, 0) is 53.9 Å². The molecule has 0 amide bonds. The number of benzene rings is 3. The molecule has 0 bridgehead atoms. The molecular formula is C26H29N3O3. The molecular weight excluding hydrogens is 402 g/mol. The Morgan fingerprint density at radius 3 is 2.38 bits per heavy atom. The lowest BCUT2D eigenvalue weighted by Crippen LogP contribution is -2.19. The first-order valence-corrected chi connectivity index (χ1v) is 10.8. The zero-order chi connectivity index (χ0) is 22.5. The number of aliphatic hydroxyl groups is 1. The van der Waals surface area contributed by atoms with Crippen molar-refractivity contribution in [2.45, 2.75) is 19.1 Å². The third-order valence-corrected chi connectivity index (χ3v) is 5.77. The first kappa shape index (κ1) is 21.9. The number of aliphatic hydroxyl groups excluding tert-OH is 1. The minimum Gasteiger partial charge on any atom is -0.491 e. The molecule has 1 unspecified atom stereocenters. The predicted molar refractivity (Wildman–Crippen MR) is 127 cm³/mol. The van der Waals surface area contributed by atoms with Crippen molar-refractivity contribution in [1.82, 2.24) is 14.5 Å². The van der Waals surface area contributed by atoms with Crippen LogP contribution >= 0.6 is 0 Å². The van der Waals surface area contributed by atoms with Gasteiger partial charge in [0.1, 0.15) is 18.5 Å². The van der Waals surface area contributed by atoms with Crippen LogP contribution in [0.1, 0.15) is 22.8 Å². The monoisotopic (exact) mass is 431 g/mol. The van der Waals surface area contributed by atoms with Gasteiger partial charge in [0.25, 0.3) is 0 Å². The first-order valence-electron chi connectivity index (χ1n) is 10.8. The SMILES string of the molecule is Cn1c(=O)n(C)c2cc(C(O)COc3ccc(CNCCc4ccccc4)cc3)ccc21. The number of fused-ring (bicyclic) bond motifs is 1. The molecule has 32 heavy (non-hydrogen) atoms. The van der Waals surface area contributed by atoms with Gasteiger partial charge in [-0.2, -0.15) is 0 Å². The van der Waals surface area contributed by atoms with Gasteiger partial charge >= 0.3 is 5.69 Å². The molecule has 0 fully saturated rings. The van der Waals surface area contributed by atoms with E-state index in [1.165, 1.54) is 11.1 Å². The van der Waals surface area contributed by atoms with Crippen LogP contribution in [0.4, 0.5) is 0 Å². The normalized spacial score (nSPS) is 12.2. The lowest BCUT2D eigenvalue weighted by atomic mass is 10.1. The Hall–Kier alpha value is -3.35. The molecule has 6 heteroatoms. The van der Waals surface area contributed by atoms with Crippen molar-refractivity contribution in [1.29, 1.82) is 0 Å². The highest BCUT2D eigenvalue weighted by molar-refractivity contribution is 5.77. The Kier molecular flexibility index (Phi) is 6.73. The lowest BCUT2D eigenvalue weighted by molar-refractivity contribution is 0.108. The van der Waals surface area contributed by atoms with E-state index >= 15 is 0 Å². The molecule has 0 saturated carbocycles. The fraction of sp³-hybridized carbons (Fsp3) is 0.269. The Labute approximate surface area is 187 Å². The van der Waals surface area contributed by atoms with Crippen molar-refractivity contribution in [3.8, 4) is 5.75 Å². The van der Waals surface area contributed by atoms with Crippen LogP contribution in [0.5, 0.6) is 5.75 Å². The van der Waals surface area contributed by atoms with Gasteiger partial charge in [0, 0.05) is 20.6 Å². The molecule has 1 aromatic heterocycles. The van der Waals surface area contributed by atoms with E-state index in [0.29, 0.717) is 5.75 Å². The largest absolute Gasteiger partial charge is 0.491 e. The van der Waals surface area contributed by atoms with Gasteiger partial charge < -0.3 is 15.2 Å². The summed E-state index contributed by atoms with van der Waals surface area (Å²) in [7, 11) is 3.47. The van der Waals surface area contributed by atoms with E-state index in [1.54, 1.807) is 23.2 Å². The molecule has 1 heterocycles. The Bertz CT molecular complexity index is 1230. The highest BCUT2D eigenvalue weighted by Gasteiger charge is 2.13. The van der Waals surface area contributed by atoms with E-state index in [1.807, 2.05) is 48.5 Å². The highest BCUT2D eigenvalue weighted by atomic mass is 16.5. The number of aryl methyl sites for hydroxylation is 2. The minimum atomic E-state index is -0.783. The maximum absolute atomic E-state index is 12.1. The summed E-state index contributed by atoms with van der Waals surface area (Å²) in [6.45, 7) is 1.86. The zero-order valence-electron chi connectivity index (χ0n) is 18.5. The molecule has 166 valence electrons. The molecule has 0 radical (unpaired) electrons. The molecule has 0 aliphatic carbocycles. The number of ether oxygens (including phenoxy) is 1. The van der Waals surface area contributed by atoms with Gasteiger partial charge in [0.2, 0.25) is 0 Å². The van der Waals surface area contributed by atoms with Crippen LogP contribution in [0.25, 0.3) is 11.0 Å². The Morgan fingerprint density at radius 2 is 1.62 bits per heavy atom. The van der Waals surface area contributed by atoms with Crippen LogP contribution in [-0.2, 0) is 27.1 Å². The second-order valence-corrected chi connectivity index (χ2v) is 8.03. The van der Waals surface area contributed by atoms with Crippen LogP contribution in [0.15, 0.2) is 77.6 Å². The van der Waals surface area contributed by atoms with E-state index in [2.05, 4.69) is 29.6 Å². The van der Waals surface area contributed by atoms with E-state index in [9.17, 15) is 9.90 Å². The minimum absolute atomic E-state index is 0.0856. The standard InChI is InChI=1S/C26H29N3O3/c1-28-23-13-10-21(16-24(23)29(2)26(28)31)25(30)18-32-22-11-8-20(9-12-22)17-27-15-14-19-6-4-3-5-7-19/h3-13,16,25,27,30H,14-15,17-18H2,1-2H3. The van der Waals surface area contributed by atoms with E-state index in [-0.39, 0.29) is 12.3 Å². The van der Waals surface area contributed by atoms with Crippen LogP contribution in [0, 0.1) is 0 Å². The van der Waals surface area contributed by atoms with Crippen molar-refractivity contribution < 1.29 is 9.84 Å². The van der Waals surface area contributed by atoms with E-state index in [4.69, 9.17) is 4.74 Å². The van der Waals surface area contributed by atoms with Crippen molar-refractivity contribution >= 4 is 11.0 Å². The summed E-state index contributed by atoms with van der Waals surface area (Å²) < 4.78 is 8.97. The lowest BCUT2D eigenvalue weighted by Gasteiger charge is -2.14. The number of nitrogens with one attached hydrogen (secondary N) is 1. The van der Waals surface area contributed by atoms with Crippen molar-refractivity contribution in [2.75, 3.05) is 13.2 Å². The fourth-order valence-corrected chi connectivity index (χ4v) is 3.82. The number of nitrogens with zero attached hydrogens (tertiary/aromatic N) is 2. The van der Waals surface area contributed by atoms with Gasteiger partial charge in [0.05, 0.1) is 11.0 Å². The average molecular weight is 432 g/mol. The molecule has 0 spiro atoms. The van der Waals surface area contributed by atoms with E-state index in [0.717, 1.165) is 36.1 Å². The van der Waals surface area contributed by atoms with Crippen LogP contribution in [0.3, 0.4) is 0 Å². The topological polar surface area (TPSA) is 68.4 Å². The average Bonchev–Trinajstić information content (AvgIpc) is 3.05. The van der Waals surface area contributed by atoms with Gasteiger partial charge in [-0.3, -0.25) is 9.13 Å². The number of hydrogen-bond acceptors (Lipinski definition) is 4. The number of imidazole rings is 1. The van der Waals surface area contributed by atoms with Crippen molar-refractivity contribution in [3.63, 3.8) is 0 Å². The Balaban J connectivity index is 1.28. The van der Waals surface area contributed by atoms with Crippen LogP contribution in [-0.4, -0.2) is 27.4 Å². The number of aromatic nitrogens is 2.